The van der Waals surface area contributed by atoms with Gasteiger partial charge in [0, 0.05) is 24.9 Å². The lowest BCUT2D eigenvalue weighted by Gasteiger charge is -2.22. The van der Waals surface area contributed by atoms with E-state index >= 15 is 0 Å². The molecule has 0 spiro atoms. The Morgan fingerprint density at radius 2 is 1.97 bits per heavy atom. The van der Waals surface area contributed by atoms with Gasteiger partial charge in [-0.2, -0.15) is 0 Å². The quantitative estimate of drug-likeness (QED) is 0.302. The Labute approximate surface area is 183 Å². The summed E-state index contributed by atoms with van der Waals surface area (Å²) in [7, 11) is 0. The van der Waals surface area contributed by atoms with Crippen molar-refractivity contribution < 1.29 is 34.1 Å². The van der Waals surface area contributed by atoms with Crippen LogP contribution in [0.5, 0.6) is 17.2 Å². The highest BCUT2D eigenvalue weighted by Gasteiger charge is 2.37. The van der Waals surface area contributed by atoms with Gasteiger partial charge >= 0.3 is 5.97 Å². The number of thiocarbonyl (C=S) groups is 1. The first kappa shape index (κ1) is 22.3. The van der Waals surface area contributed by atoms with Crippen LogP contribution in [0, 0.1) is 11.8 Å². The number of aromatic hydroxyl groups is 2. The molecular formula is C21H22N2O7S. The molecule has 1 aliphatic carbocycles. The maximum absolute atomic E-state index is 12.7. The van der Waals surface area contributed by atoms with Crippen LogP contribution in [0.1, 0.15) is 17.3 Å². The highest BCUT2D eigenvalue weighted by atomic mass is 32.1. The van der Waals surface area contributed by atoms with Gasteiger partial charge in [0.1, 0.15) is 22.8 Å². The number of ketones is 2. The summed E-state index contributed by atoms with van der Waals surface area (Å²) < 4.78 is 9.89. The van der Waals surface area contributed by atoms with Crippen molar-refractivity contribution in [3.05, 3.63) is 41.6 Å². The zero-order valence-corrected chi connectivity index (χ0v) is 17.6. The van der Waals surface area contributed by atoms with Crippen molar-refractivity contribution in [1.82, 2.24) is 4.90 Å². The number of fused-ring (bicyclic) bond motifs is 1. The number of nitrogens with zero attached hydrogens (tertiary/aromatic N) is 1. The molecule has 0 amide bonds. The third kappa shape index (κ3) is 4.85. The molecule has 164 valence electrons. The van der Waals surface area contributed by atoms with E-state index in [1.54, 1.807) is 30.2 Å². The highest BCUT2D eigenvalue weighted by molar-refractivity contribution is 7.80. The first-order valence-corrected chi connectivity index (χ1v) is 9.96. The van der Waals surface area contributed by atoms with Gasteiger partial charge in [0.25, 0.3) is 0 Å². The van der Waals surface area contributed by atoms with Gasteiger partial charge in [-0.1, -0.05) is 24.4 Å². The number of nitrogens with two attached hydrogens (primary N) is 1. The van der Waals surface area contributed by atoms with Crippen LogP contribution in [-0.2, 0) is 14.3 Å². The van der Waals surface area contributed by atoms with Crippen LogP contribution in [0.2, 0.25) is 0 Å². The van der Waals surface area contributed by atoms with Gasteiger partial charge in [-0.3, -0.25) is 9.59 Å². The average molecular weight is 446 g/mol. The number of Topliss-reactive ketones (excluding diaryl/α,β-unsaturated/α-hetero) is 2. The minimum absolute atomic E-state index is 0.00782. The second-order valence-corrected chi connectivity index (χ2v) is 7.58. The lowest BCUT2D eigenvalue weighted by atomic mass is 9.83. The maximum Gasteiger partial charge on any atom is 0.344 e. The molecule has 0 radical (unpaired) electrons. The van der Waals surface area contributed by atoms with Gasteiger partial charge in [-0.05, 0) is 12.5 Å². The summed E-state index contributed by atoms with van der Waals surface area (Å²) in [4.78, 5) is 38.4. The topological polar surface area (TPSA) is 139 Å². The van der Waals surface area contributed by atoms with Crippen LogP contribution < -0.4 is 10.5 Å². The fourth-order valence-electron chi connectivity index (χ4n) is 3.54. The fourth-order valence-corrected chi connectivity index (χ4v) is 3.73. The van der Waals surface area contributed by atoms with E-state index in [9.17, 15) is 24.6 Å². The average Bonchev–Trinajstić information content (AvgIpc) is 3.09. The Balaban J connectivity index is 1.67. The predicted molar refractivity (Wildman–Crippen MR) is 114 cm³/mol. The lowest BCUT2D eigenvalue weighted by molar-refractivity contribution is -0.145. The van der Waals surface area contributed by atoms with Crippen molar-refractivity contribution in [2.45, 2.75) is 6.92 Å². The molecule has 1 aliphatic heterocycles. The molecule has 0 aromatic heterocycles. The van der Waals surface area contributed by atoms with Crippen molar-refractivity contribution in [2.75, 3.05) is 26.3 Å². The summed E-state index contributed by atoms with van der Waals surface area (Å²) in [5, 5.41) is 20.4. The largest absolute Gasteiger partial charge is 0.507 e. The standard InChI is InChI=1S/C21H22N2O7S/c1-2-29-18(27)10-30-12-5-15(24)19(16(25)6-12)17(26)9-23-7-11-3-4-13(21(22)31)20(28)14(11)8-23/h3-7,13-14,24-25H,2,8-10H2,1H3,(H2,22,31). The molecule has 0 saturated heterocycles. The Bertz CT molecular complexity index is 978. The third-order valence-electron chi connectivity index (χ3n) is 4.95. The number of rotatable bonds is 8. The summed E-state index contributed by atoms with van der Waals surface area (Å²) in [5.74, 6) is -3.31. The molecule has 31 heavy (non-hydrogen) atoms. The van der Waals surface area contributed by atoms with Gasteiger partial charge in [0.2, 0.25) is 0 Å². The molecule has 1 aromatic carbocycles. The summed E-state index contributed by atoms with van der Waals surface area (Å²) >= 11 is 4.93. The van der Waals surface area contributed by atoms with Crippen molar-refractivity contribution in [2.24, 2.45) is 17.6 Å². The van der Waals surface area contributed by atoms with Crippen LogP contribution in [0.4, 0.5) is 0 Å². The molecular weight excluding hydrogens is 424 g/mol. The molecule has 3 rings (SSSR count). The van der Waals surface area contributed by atoms with Gasteiger partial charge < -0.3 is 30.3 Å². The maximum atomic E-state index is 12.7. The predicted octanol–water partition coefficient (Wildman–Crippen LogP) is 1.08. The number of carbonyl (C=O) groups is 3. The molecule has 4 N–H and O–H groups in total. The second-order valence-electron chi connectivity index (χ2n) is 7.11. The summed E-state index contributed by atoms with van der Waals surface area (Å²) in [6, 6.07) is 2.26. The number of hydrogen-bond donors (Lipinski definition) is 3. The van der Waals surface area contributed by atoms with E-state index < -0.39 is 41.7 Å². The molecule has 2 atom stereocenters. The van der Waals surface area contributed by atoms with E-state index in [1.165, 1.54) is 0 Å². The van der Waals surface area contributed by atoms with E-state index in [0.717, 1.165) is 17.7 Å². The highest BCUT2D eigenvalue weighted by Crippen LogP contribution is 2.35. The first-order valence-electron chi connectivity index (χ1n) is 9.55. The van der Waals surface area contributed by atoms with Crippen molar-refractivity contribution in [1.29, 1.82) is 0 Å². The molecule has 1 aromatic rings. The van der Waals surface area contributed by atoms with Crippen LogP contribution in [0.25, 0.3) is 0 Å². The first-order chi connectivity index (χ1) is 14.7. The monoisotopic (exact) mass is 446 g/mol. The fraction of sp³-hybridized carbons (Fsp3) is 0.333. The van der Waals surface area contributed by atoms with Crippen LogP contribution in [0.3, 0.4) is 0 Å². The van der Waals surface area contributed by atoms with Gasteiger partial charge in [-0.15, -0.1) is 0 Å². The SMILES string of the molecule is CCOC(=O)COc1cc(O)c(C(=O)CN2C=C3C=CC(C(N)=S)C(=O)C3C2)c(O)c1. The third-order valence-corrected chi connectivity index (χ3v) is 5.20. The number of phenols is 2. The molecule has 2 aliphatic rings. The van der Waals surface area contributed by atoms with Crippen molar-refractivity contribution >= 4 is 34.7 Å². The van der Waals surface area contributed by atoms with Crippen LogP contribution >= 0.6 is 12.2 Å². The normalized spacial score (nSPS) is 19.6. The minimum Gasteiger partial charge on any atom is -0.507 e. The molecule has 0 fully saturated rings. The number of allylic oxidation sites excluding steroid dienone is 1. The molecule has 2 unspecified atom stereocenters. The van der Waals surface area contributed by atoms with Crippen molar-refractivity contribution in [3.63, 3.8) is 0 Å². The summed E-state index contributed by atoms with van der Waals surface area (Å²) in [6.45, 7) is 1.55. The second kappa shape index (κ2) is 9.17. The van der Waals surface area contributed by atoms with E-state index in [1.807, 2.05) is 0 Å². The van der Waals surface area contributed by atoms with E-state index in [2.05, 4.69) is 0 Å². The Morgan fingerprint density at radius 3 is 2.58 bits per heavy atom. The van der Waals surface area contributed by atoms with E-state index in [4.69, 9.17) is 27.4 Å². The van der Waals surface area contributed by atoms with Crippen molar-refractivity contribution in [3.8, 4) is 17.2 Å². The summed E-state index contributed by atoms with van der Waals surface area (Å²) in [6.07, 6.45) is 5.10. The Kier molecular flexibility index (Phi) is 6.59. The van der Waals surface area contributed by atoms with Crippen LogP contribution in [-0.4, -0.2) is 63.9 Å². The minimum atomic E-state index is -0.622. The molecule has 10 heteroatoms. The number of benzene rings is 1. The zero-order chi connectivity index (χ0) is 22.7. The lowest BCUT2D eigenvalue weighted by Crippen LogP contribution is -2.37. The summed E-state index contributed by atoms with van der Waals surface area (Å²) in [5.41, 5.74) is 6.08. The smallest absolute Gasteiger partial charge is 0.344 e. The molecule has 0 bridgehead atoms. The zero-order valence-electron chi connectivity index (χ0n) is 16.7. The van der Waals surface area contributed by atoms with Gasteiger partial charge in [0.05, 0.1) is 30.0 Å². The van der Waals surface area contributed by atoms with E-state index in [0.29, 0.717) is 0 Å². The van der Waals surface area contributed by atoms with Gasteiger partial charge in [0.15, 0.2) is 18.2 Å². The number of phenolic OH excluding ortho intramolecular Hbond substituents is 2. The molecule has 0 saturated carbocycles. The number of esters is 1. The molecule has 1 heterocycles. The number of carbonyl (C=O) groups excluding carboxylic acids is 3. The Morgan fingerprint density at radius 1 is 1.29 bits per heavy atom. The van der Waals surface area contributed by atoms with Gasteiger partial charge in [-0.25, -0.2) is 4.79 Å². The van der Waals surface area contributed by atoms with E-state index in [-0.39, 0.29) is 41.8 Å². The molecule has 9 nitrogen and oxygen atoms in total. The number of ether oxygens (including phenoxy) is 2. The Hall–Kier alpha value is -3.40. The number of hydrogen-bond acceptors (Lipinski definition) is 9. The van der Waals surface area contributed by atoms with Crippen LogP contribution in [0.15, 0.2) is 36.1 Å².